The Morgan fingerprint density at radius 3 is 2.68 bits per heavy atom. The van der Waals surface area contributed by atoms with E-state index >= 15 is 0 Å². The Hall–Kier alpha value is -2.93. The first-order valence-electron chi connectivity index (χ1n) is 7.47. The van der Waals surface area contributed by atoms with Crippen molar-refractivity contribution in [1.82, 2.24) is 5.43 Å². The molecule has 0 bridgehead atoms. The average molecular weight is 362 g/mol. The third-order valence-electron chi connectivity index (χ3n) is 3.28. The normalized spacial score (nSPS) is 10.6. The number of nitro groups is 1. The summed E-state index contributed by atoms with van der Waals surface area (Å²) in [6.45, 7) is 1.85. The fraction of sp³-hybridized carbons (Fsp3) is 0.176. The van der Waals surface area contributed by atoms with Gasteiger partial charge in [-0.15, -0.1) is 0 Å². The van der Waals surface area contributed by atoms with Crippen LogP contribution < -0.4 is 10.2 Å². The van der Waals surface area contributed by atoms with E-state index in [0.717, 1.165) is 6.42 Å². The largest absolute Gasteiger partial charge is 0.484 e. The van der Waals surface area contributed by atoms with Crippen LogP contribution in [0.15, 0.2) is 47.6 Å². The second-order valence-corrected chi connectivity index (χ2v) is 5.45. The lowest BCUT2D eigenvalue weighted by atomic mass is 10.2. The van der Waals surface area contributed by atoms with E-state index in [0.29, 0.717) is 11.3 Å². The Bertz CT molecular complexity index is 791. The van der Waals surface area contributed by atoms with Gasteiger partial charge in [-0.1, -0.05) is 30.7 Å². The number of hydrogen-bond acceptors (Lipinski definition) is 5. The van der Waals surface area contributed by atoms with E-state index in [4.69, 9.17) is 16.3 Å². The number of nitrogens with one attached hydrogen (secondary N) is 1. The van der Waals surface area contributed by atoms with E-state index in [1.807, 2.05) is 12.1 Å². The number of hydrogen-bond donors (Lipinski definition) is 1. The minimum Gasteiger partial charge on any atom is -0.484 e. The van der Waals surface area contributed by atoms with Gasteiger partial charge in [-0.25, -0.2) is 5.43 Å². The van der Waals surface area contributed by atoms with Gasteiger partial charge in [-0.3, -0.25) is 14.9 Å². The molecule has 0 aliphatic heterocycles. The Kier molecular flexibility index (Phi) is 6.47. The molecular weight excluding hydrogens is 346 g/mol. The Labute approximate surface area is 149 Å². The maximum atomic E-state index is 11.7. The van der Waals surface area contributed by atoms with Gasteiger partial charge in [0.1, 0.15) is 5.75 Å². The van der Waals surface area contributed by atoms with E-state index in [9.17, 15) is 14.9 Å². The van der Waals surface area contributed by atoms with Crippen LogP contribution in [0.25, 0.3) is 0 Å². The number of nitro benzene ring substituents is 1. The Morgan fingerprint density at radius 2 is 2.04 bits per heavy atom. The van der Waals surface area contributed by atoms with Crippen LogP contribution in [0.5, 0.6) is 5.75 Å². The number of carbonyl (C=O) groups is 1. The molecule has 2 rings (SSSR count). The fourth-order valence-electron chi connectivity index (χ4n) is 1.92. The summed E-state index contributed by atoms with van der Waals surface area (Å²) in [6.07, 6.45) is 2.17. The summed E-state index contributed by atoms with van der Waals surface area (Å²) in [4.78, 5) is 21.9. The number of ether oxygens (including phenoxy) is 1. The third-order valence-corrected chi connectivity index (χ3v) is 3.63. The SMILES string of the molecule is CCc1ccc(OCC(=O)N/N=C\c2cc([N+](=O)[O-])ccc2Cl)cc1. The van der Waals surface area contributed by atoms with Crippen LogP contribution in [0.3, 0.4) is 0 Å². The lowest BCUT2D eigenvalue weighted by molar-refractivity contribution is -0.384. The molecule has 0 atom stereocenters. The van der Waals surface area contributed by atoms with Crippen molar-refractivity contribution in [2.24, 2.45) is 5.10 Å². The van der Waals surface area contributed by atoms with Crippen molar-refractivity contribution in [3.63, 3.8) is 0 Å². The fourth-order valence-corrected chi connectivity index (χ4v) is 2.09. The molecule has 0 heterocycles. The highest BCUT2D eigenvalue weighted by Gasteiger charge is 2.08. The summed E-state index contributed by atoms with van der Waals surface area (Å²) < 4.78 is 5.34. The van der Waals surface area contributed by atoms with Crippen LogP contribution in [0, 0.1) is 10.1 Å². The summed E-state index contributed by atoms with van der Waals surface area (Å²) in [5, 5.41) is 14.8. The zero-order valence-corrected chi connectivity index (χ0v) is 14.2. The predicted molar refractivity (Wildman–Crippen MR) is 95.2 cm³/mol. The van der Waals surface area contributed by atoms with E-state index in [-0.39, 0.29) is 17.3 Å². The van der Waals surface area contributed by atoms with E-state index in [2.05, 4.69) is 17.5 Å². The molecule has 25 heavy (non-hydrogen) atoms. The molecule has 7 nitrogen and oxygen atoms in total. The van der Waals surface area contributed by atoms with Crippen molar-refractivity contribution in [2.75, 3.05) is 6.61 Å². The van der Waals surface area contributed by atoms with Gasteiger partial charge < -0.3 is 4.74 Å². The Morgan fingerprint density at radius 1 is 1.32 bits per heavy atom. The molecule has 0 fully saturated rings. The molecule has 1 N–H and O–H groups in total. The highest BCUT2D eigenvalue weighted by molar-refractivity contribution is 6.33. The predicted octanol–water partition coefficient (Wildman–Crippen LogP) is 3.34. The molecule has 0 spiro atoms. The second-order valence-electron chi connectivity index (χ2n) is 5.04. The molecule has 0 aromatic heterocycles. The maximum Gasteiger partial charge on any atom is 0.277 e. The molecule has 0 aliphatic rings. The number of hydrazone groups is 1. The molecule has 8 heteroatoms. The van der Waals surface area contributed by atoms with E-state index in [1.165, 1.54) is 30.0 Å². The van der Waals surface area contributed by atoms with E-state index < -0.39 is 10.8 Å². The first-order valence-corrected chi connectivity index (χ1v) is 7.85. The zero-order chi connectivity index (χ0) is 18.2. The first-order chi connectivity index (χ1) is 12.0. The van der Waals surface area contributed by atoms with Gasteiger partial charge in [0, 0.05) is 22.7 Å². The minimum atomic E-state index is -0.538. The summed E-state index contributed by atoms with van der Waals surface area (Å²) in [5.41, 5.74) is 3.66. The molecule has 0 unspecified atom stereocenters. The van der Waals surface area contributed by atoms with Crippen molar-refractivity contribution in [3.8, 4) is 5.75 Å². The summed E-state index contributed by atoms with van der Waals surface area (Å²) in [6, 6.07) is 11.4. The summed E-state index contributed by atoms with van der Waals surface area (Å²) in [7, 11) is 0. The van der Waals surface area contributed by atoms with Gasteiger partial charge in [-0.05, 0) is 30.2 Å². The van der Waals surface area contributed by atoms with E-state index in [1.54, 1.807) is 12.1 Å². The highest BCUT2D eigenvalue weighted by Crippen LogP contribution is 2.20. The highest BCUT2D eigenvalue weighted by atomic mass is 35.5. The summed E-state index contributed by atoms with van der Waals surface area (Å²) >= 11 is 5.93. The smallest absolute Gasteiger partial charge is 0.277 e. The van der Waals surface area contributed by atoms with Gasteiger partial charge in [0.25, 0.3) is 11.6 Å². The molecule has 1 amide bonds. The van der Waals surface area contributed by atoms with Crippen LogP contribution in [0.4, 0.5) is 5.69 Å². The monoisotopic (exact) mass is 361 g/mol. The summed E-state index contributed by atoms with van der Waals surface area (Å²) in [5.74, 6) is 0.121. The molecule has 0 saturated heterocycles. The van der Waals surface area contributed by atoms with Gasteiger partial charge in [0.15, 0.2) is 6.61 Å². The van der Waals surface area contributed by atoms with Gasteiger partial charge in [0.05, 0.1) is 11.1 Å². The standard InChI is InChI=1S/C17H16ClN3O4/c1-2-12-3-6-15(7-4-12)25-11-17(22)20-19-10-13-9-14(21(23)24)5-8-16(13)18/h3-10H,2,11H2,1H3,(H,20,22)/b19-10-. The number of halogens is 1. The number of non-ortho nitro benzene ring substituents is 1. The van der Waals surface area contributed by atoms with Crippen LogP contribution in [-0.4, -0.2) is 23.7 Å². The maximum absolute atomic E-state index is 11.7. The number of benzene rings is 2. The minimum absolute atomic E-state index is 0.115. The molecule has 0 saturated carbocycles. The lowest BCUT2D eigenvalue weighted by Gasteiger charge is -2.05. The number of aryl methyl sites for hydroxylation is 1. The van der Waals surface area contributed by atoms with Crippen molar-refractivity contribution in [3.05, 3.63) is 68.7 Å². The quantitative estimate of drug-likeness (QED) is 0.465. The number of rotatable bonds is 7. The van der Waals surface area contributed by atoms with Crippen LogP contribution in [-0.2, 0) is 11.2 Å². The Balaban J connectivity index is 1.87. The van der Waals surface area contributed by atoms with Crippen molar-refractivity contribution < 1.29 is 14.5 Å². The number of nitrogens with zero attached hydrogens (tertiary/aromatic N) is 2. The van der Waals surface area contributed by atoms with Crippen LogP contribution in [0.1, 0.15) is 18.1 Å². The van der Waals surface area contributed by atoms with Crippen molar-refractivity contribution in [2.45, 2.75) is 13.3 Å². The average Bonchev–Trinajstić information content (AvgIpc) is 2.61. The van der Waals surface area contributed by atoms with Gasteiger partial charge in [0.2, 0.25) is 0 Å². The number of carbonyl (C=O) groups excluding carboxylic acids is 1. The number of amides is 1. The van der Waals surface area contributed by atoms with Crippen LogP contribution >= 0.6 is 11.6 Å². The molecule has 0 aliphatic carbocycles. The molecule has 2 aromatic rings. The molecular formula is C17H16ClN3O4. The first kappa shape index (κ1) is 18.4. The third kappa shape index (κ3) is 5.58. The lowest BCUT2D eigenvalue weighted by Crippen LogP contribution is -2.24. The van der Waals surface area contributed by atoms with Crippen molar-refractivity contribution in [1.29, 1.82) is 0 Å². The van der Waals surface area contributed by atoms with Crippen LogP contribution in [0.2, 0.25) is 5.02 Å². The van der Waals surface area contributed by atoms with Gasteiger partial charge >= 0.3 is 0 Å². The molecule has 0 radical (unpaired) electrons. The van der Waals surface area contributed by atoms with Crippen molar-refractivity contribution >= 4 is 29.4 Å². The second kappa shape index (κ2) is 8.79. The van der Waals surface area contributed by atoms with Gasteiger partial charge in [-0.2, -0.15) is 5.10 Å². The molecule has 2 aromatic carbocycles. The molecule has 130 valence electrons. The zero-order valence-electron chi connectivity index (χ0n) is 13.4. The topological polar surface area (TPSA) is 93.8 Å².